The largest absolute Gasteiger partial charge is 0.481 e. The molecule has 0 radical (unpaired) electrons. The van der Waals surface area contributed by atoms with Gasteiger partial charge in [0.25, 0.3) is 0 Å². The van der Waals surface area contributed by atoms with E-state index in [1.165, 1.54) is 0 Å². The van der Waals surface area contributed by atoms with Crippen molar-refractivity contribution in [1.29, 1.82) is 0 Å². The minimum Gasteiger partial charge on any atom is -0.481 e. The third-order valence-electron chi connectivity index (χ3n) is 2.33. The number of carboxylic acids is 1. The summed E-state index contributed by atoms with van der Waals surface area (Å²) in [5.41, 5.74) is -0.585. The summed E-state index contributed by atoms with van der Waals surface area (Å²) in [6.07, 6.45) is -0.579. The van der Waals surface area contributed by atoms with Crippen LogP contribution < -0.4 is 5.32 Å². The Balaban J connectivity index is 4.57. The molecule has 5 heteroatoms. The maximum atomic E-state index is 11.6. The van der Waals surface area contributed by atoms with Crippen molar-refractivity contribution in [1.82, 2.24) is 5.32 Å². The number of amides is 1. The molecule has 0 aromatic heterocycles. The van der Waals surface area contributed by atoms with Gasteiger partial charge in [0.2, 0.25) is 0 Å². The topological polar surface area (TPSA) is 75.6 Å². The monoisotopic (exact) mass is 245 g/mol. The first-order valence-electron chi connectivity index (χ1n) is 5.77. The molecule has 0 aliphatic rings. The van der Waals surface area contributed by atoms with Crippen molar-refractivity contribution in [3.8, 4) is 0 Å². The van der Waals surface area contributed by atoms with Crippen molar-refractivity contribution < 1.29 is 19.4 Å². The van der Waals surface area contributed by atoms with E-state index in [2.05, 4.69) is 5.32 Å². The predicted octanol–water partition coefficient (Wildman–Crippen LogP) is 2.26. The standard InChI is InChI=1S/C12H23NO4/c1-7(2)9(8(3)10(14)15)13-11(16)17-12(4,5)6/h7-9H,1-6H3,(H,13,16)(H,14,15). The Hall–Kier alpha value is -1.26. The van der Waals surface area contributed by atoms with E-state index < -0.39 is 29.6 Å². The molecule has 0 saturated carbocycles. The van der Waals surface area contributed by atoms with Crippen LogP contribution in [0.25, 0.3) is 0 Å². The average molecular weight is 245 g/mol. The molecule has 100 valence electrons. The normalized spacial score (nSPS) is 15.2. The fourth-order valence-corrected chi connectivity index (χ4v) is 1.47. The number of carbonyl (C=O) groups excluding carboxylic acids is 1. The Morgan fingerprint density at radius 2 is 1.65 bits per heavy atom. The van der Waals surface area contributed by atoms with Gasteiger partial charge < -0.3 is 15.2 Å². The molecular formula is C12H23NO4. The first-order chi connectivity index (χ1) is 7.54. The minimum atomic E-state index is -0.931. The summed E-state index contributed by atoms with van der Waals surface area (Å²) in [7, 11) is 0. The highest BCUT2D eigenvalue weighted by Gasteiger charge is 2.29. The molecule has 2 N–H and O–H groups in total. The van der Waals surface area contributed by atoms with Crippen LogP contribution in [0.2, 0.25) is 0 Å². The average Bonchev–Trinajstić information content (AvgIpc) is 2.09. The van der Waals surface area contributed by atoms with Gasteiger partial charge in [-0.05, 0) is 33.6 Å². The number of carbonyl (C=O) groups is 2. The number of hydrogen-bond acceptors (Lipinski definition) is 3. The van der Waals surface area contributed by atoms with Crippen LogP contribution in [0.3, 0.4) is 0 Å². The number of rotatable bonds is 4. The van der Waals surface area contributed by atoms with Gasteiger partial charge in [-0.15, -0.1) is 0 Å². The lowest BCUT2D eigenvalue weighted by atomic mass is 9.92. The fourth-order valence-electron chi connectivity index (χ4n) is 1.47. The number of carboxylic acid groups (broad SMARTS) is 1. The van der Waals surface area contributed by atoms with Crippen LogP contribution in [0.5, 0.6) is 0 Å². The van der Waals surface area contributed by atoms with Crippen molar-refractivity contribution in [3.05, 3.63) is 0 Å². The van der Waals surface area contributed by atoms with Crippen molar-refractivity contribution >= 4 is 12.1 Å². The van der Waals surface area contributed by atoms with E-state index in [0.29, 0.717) is 0 Å². The number of ether oxygens (including phenoxy) is 1. The van der Waals surface area contributed by atoms with Gasteiger partial charge in [0, 0.05) is 6.04 Å². The number of nitrogens with one attached hydrogen (secondary N) is 1. The molecule has 2 unspecified atom stereocenters. The minimum absolute atomic E-state index is 0.0219. The van der Waals surface area contributed by atoms with Crippen LogP contribution in [0.4, 0.5) is 4.79 Å². The second kappa shape index (κ2) is 5.89. The summed E-state index contributed by atoms with van der Waals surface area (Å²) in [5.74, 6) is -1.56. The van der Waals surface area contributed by atoms with Gasteiger partial charge in [0.05, 0.1) is 5.92 Å². The first kappa shape index (κ1) is 15.7. The fraction of sp³-hybridized carbons (Fsp3) is 0.833. The van der Waals surface area contributed by atoms with E-state index in [1.807, 2.05) is 13.8 Å². The van der Waals surface area contributed by atoms with Crippen molar-refractivity contribution in [2.45, 2.75) is 53.2 Å². The lowest BCUT2D eigenvalue weighted by molar-refractivity contribution is -0.142. The smallest absolute Gasteiger partial charge is 0.407 e. The molecular weight excluding hydrogens is 222 g/mol. The van der Waals surface area contributed by atoms with Crippen LogP contribution in [0.15, 0.2) is 0 Å². The molecule has 0 aromatic rings. The Kier molecular flexibility index (Phi) is 5.45. The molecule has 0 rings (SSSR count). The molecule has 0 spiro atoms. The Morgan fingerprint density at radius 1 is 1.18 bits per heavy atom. The molecule has 0 aromatic carbocycles. The maximum Gasteiger partial charge on any atom is 0.407 e. The summed E-state index contributed by atoms with van der Waals surface area (Å²) in [6, 6.07) is -0.442. The molecule has 0 aliphatic heterocycles. The number of hydrogen-bond donors (Lipinski definition) is 2. The lowest BCUT2D eigenvalue weighted by Crippen LogP contribution is -2.47. The van der Waals surface area contributed by atoms with Gasteiger partial charge in [0.1, 0.15) is 5.60 Å². The van der Waals surface area contributed by atoms with Gasteiger partial charge in [-0.3, -0.25) is 4.79 Å². The van der Waals surface area contributed by atoms with Gasteiger partial charge in [-0.2, -0.15) is 0 Å². The maximum absolute atomic E-state index is 11.6. The summed E-state index contributed by atoms with van der Waals surface area (Å²) in [5, 5.41) is 11.6. The Labute approximate surface area is 103 Å². The summed E-state index contributed by atoms with van der Waals surface area (Å²) >= 11 is 0. The highest BCUT2D eigenvalue weighted by molar-refractivity contribution is 5.73. The number of alkyl carbamates (subject to hydrolysis) is 1. The molecule has 0 saturated heterocycles. The third-order valence-corrected chi connectivity index (χ3v) is 2.33. The van der Waals surface area contributed by atoms with E-state index in [0.717, 1.165) is 0 Å². The SMILES string of the molecule is CC(C)C(NC(=O)OC(C)(C)C)C(C)C(=O)O. The third kappa shape index (κ3) is 6.14. The quantitative estimate of drug-likeness (QED) is 0.796. The van der Waals surface area contributed by atoms with Crippen molar-refractivity contribution in [2.24, 2.45) is 11.8 Å². The van der Waals surface area contributed by atoms with E-state index in [9.17, 15) is 9.59 Å². The molecule has 0 heterocycles. The molecule has 0 aliphatic carbocycles. The summed E-state index contributed by atoms with van der Waals surface area (Å²) < 4.78 is 5.11. The van der Waals surface area contributed by atoms with Crippen molar-refractivity contribution in [2.75, 3.05) is 0 Å². The molecule has 5 nitrogen and oxygen atoms in total. The van der Waals surface area contributed by atoms with Gasteiger partial charge >= 0.3 is 12.1 Å². The highest BCUT2D eigenvalue weighted by Crippen LogP contribution is 2.14. The molecule has 17 heavy (non-hydrogen) atoms. The van der Waals surface area contributed by atoms with Crippen LogP contribution in [0, 0.1) is 11.8 Å². The van der Waals surface area contributed by atoms with E-state index in [1.54, 1.807) is 27.7 Å². The van der Waals surface area contributed by atoms with Crippen LogP contribution in [-0.4, -0.2) is 28.8 Å². The second-order valence-corrected chi connectivity index (χ2v) is 5.54. The second-order valence-electron chi connectivity index (χ2n) is 5.54. The zero-order valence-corrected chi connectivity index (χ0v) is 11.4. The van der Waals surface area contributed by atoms with Crippen LogP contribution >= 0.6 is 0 Å². The molecule has 0 bridgehead atoms. The van der Waals surface area contributed by atoms with E-state index in [-0.39, 0.29) is 5.92 Å². The molecule has 0 fully saturated rings. The van der Waals surface area contributed by atoms with E-state index in [4.69, 9.17) is 9.84 Å². The molecule has 2 atom stereocenters. The van der Waals surface area contributed by atoms with Crippen molar-refractivity contribution in [3.63, 3.8) is 0 Å². The van der Waals surface area contributed by atoms with Gasteiger partial charge in [0.15, 0.2) is 0 Å². The zero-order chi connectivity index (χ0) is 13.8. The Bertz CT molecular complexity index is 281. The molecule has 1 amide bonds. The van der Waals surface area contributed by atoms with Gasteiger partial charge in [-0.25, -0.2) is 4.79 Å². The summed E-state index contributed by atoms with van der Waals surface area (Å²) in [6.45, 7) is 10.6. The summed E-state index contributed by atoms with van der Waals surface area (Å²) in [4.78, 5) is 22.5. The predicted molar refractivity (Wildman–Crippen MR) is 64.8 cm³/mol. The van der Waals surface area contributed by atoms with Crippen LogP contribution in [0.1, 0.15) is 41.5 Å². The first-order valence-corrected chi connectivity index (χ1v) is 5.77. The van der Waals surface area contributed by atoms with E-state index >= 15 is 0 Å². The zero-order valence-electron chi connectivity index (χ0n) is 11.4. The van der Waals surface area contributed by atoms with Crippen LogP contribution in [-0.2, 0) is 9.53 Å². The highest BCUT2D eigenvalue weighted by atomic mass is 16.6. The number of aliphatic carboxylic acids is 1. The Morgan fingerprint density at radius 3 is 1.94 bits per heavy atom. The lowest BCUT2D eigenvalue weighted by Gasteiger charge is -2.28. The van der Waals surface area contributed by atoms with Gasteiger partial charge in [-0.1, -0.05) is 13.8 Å².